The molecule has 0 spiro atoms. The van der Waals surface area contributed by atoms with Gasteiger partial charge in [0.05, 0.1) is 0 Å². The lowest BCUT2D eigenvalue weighted by Crippen LogP contribution is -1.94. The van der Waals surface area contributed by atoms with Crippen LogP contribution in [0.5, 0.6) is 0 Å². The van der Waals surface area contributed by atoms with E-state index in [1.165, 1.54) is 5.56 Å². The van der Waals surface area contributed by atoms with Gasteiger partial charge in [-0.3, -0.25) is 0 Å². The van der Waals surface area contributed by atoms with Crippen LogP contribution in [-0.2, 0) is 0 Å². The van der Waals surface area contributed by atoms with Gasteiger partial charge < -0.3 is 5.73 Å². The summed E-state index contributed by atoms with van der Waals surface area (Å²) in [6.45, 7) is 4.45. The number of nitrogens with zero attached hydrogens (tertiary/aromatic N) is 1. The van der Waals surface area contributed by atoms with Crippen LogP contribution >= 0.6 is 0 Å². The van der Waals surface area contributed by atoms with Gasteiger partial charge in [0.15, 0.2) is 0 Å². The number of aromatic nitrogens is 1. The van der Waals surface area contributed by atoms with Gasteiger partial charge >= 0.3 is 0 Å². The molecule has 1 aromatic heterocycles. The molecule has 0 aliphatic carbocycles. The summed E-state index contributed by atoms with van der Waals surface area (Å²) in [4.78, 5) is 4.11. The zero-order valence-corrected chi connectivity index (χ0v) is 10.4. The fourth-order valence-electron chi connectivity index (χ4n) is 1.89. The number of rotatable bonds is 3. The molecule has 0 aliphatic rings. The van der Waals surface area contributed by atoms with Crippen LogP contribution in [0.2, 0.25) is 0 Å². The van der Waals surface area contributed by atoms with Crippen molar-refractivity contribution in [3.8, 4) is 11.1 Å². The second kappa shape index (κ2) is 5.00. The van der Waals surface area contributed by atoms with E-state index in [1.807, 2.05) is 12.1 Å². The monoisotopic (exact) mass is 226 g/mol. The van der Waals surface area contributed by atoms with Crippen molar-refractivity contribution >= 4 is 5.82 Å². The first-order valence-electron chi connectivity index (χ1n) is 6.03. The minimum Gasteiger partial charge on any atom is -0.383 e. The molecular weight excluding hydrogens is 208 g/mol. The molecule has 0 saturated heterocycles. The fraction of sp³-hybridized carbons (Fsp3) is 0.267. The van der Waals surface area contributed by atoms with Crippen LogP contribution in [0.1, 0.15) is 31.7 Å². The summed E-state index contributed by atoms with van der Waals surface area (Å²) in [5.74, 6) is 1.19. The predicted molar refractivity (Wildman–Crippen MR) is 72.8 cm³/mol. The molecule has 1 unspecified atom stereocenters. The molecule has 0 fully saturated rings. The third-order valence-electron chi connectivity index (χ3n) is 3.24. The Morgan fingerprint density at radius 1 is 1.18 bits per heavy atom. The van der Waals surface area contributed by atoms with E-state index in [-0.39, 0.29) is 0 Å². The SMILES string of the molecule is CCC(C)c1ccc(-c2cccnc2N)cc1. The van der Waals surface area contributed by atoms with E-state index in [4.69, 9.17) is 5.73 Å². The Hall–Kier alpha value is -1.83. The summed E-state index contributed by atoms with van der Waals surface area (Å²) in [6.07, 6.45) is 2.88. The van der Waals surface area contributed by atoms with Crippen LogP contribution in [0.4, 0.5) is 5.82 Å². The third-order valence-corrected chi connectivity index (χ3v) is 3.24. The standard InChI is InChI=1S/C15H18N2/c1-3-11(2)12-6-8-13(9-7-12)14-5-4-10-17-15(14)16/h4-11H,3H2,1-2H3,(H2,16,17). The molecule has 0 aliphatic heterocycles. The van der Waals surface area contributed by atoms with Gasteiger partial charge in [0.2, 0.25) is 0 Å². The summed E-state index contributed by atoms with van der Waals surface area (Å²) in [6, 6.07) is 12.5. The van der Waals surface area contributed by atoms with Crippen molar-refractivity contribution in [2.24, 2.45) is 0 Å². The summed E-state index contributed by atoms with van der Waals surface area (Å²) in [7, 11) is 0. The maximum atomic E-state index is 5.87. The lowest BCUT2D eigenvalue weighted by atomic mass is 9.96. The molecule has 2 heteroatoms. The second-order valence-corrected chi connectivity index (χ2v) is 4.37. The lowest BCUT2D eigenvalue weighted by molar-refractivity contribution is 0.734. The first-order valence-corrected chi connectivity index (χ1v) is 6.03. The van der Waals surface area contributed by atoms with Gasteiger partial charge in [0.1, 0.15) is 5.82 Å². The van der Waals surface area contributed by atoms with Gasteiger partial charge in [0, 0.05) is 11.8 Å². The molecule has 2 aromatic rings. The van der Waals surface area contributed by atoms with Crippen molar-refractivity contribution in [1.82, 2.24) is 4.98 Å². The maximum Gasteiger partial charge on any atom is 0.131 e. The Labute approximate surface area is 103 Å². The molecular formula is C15H18N2. The van der Waals surface area contributed by atoms with Crippen LogP contribution in [0, 0.1) is 0 Å². The highest BCUT2D eigenvalue weighted by atomic mass is 14.8. The molecule has 1 heterocycles. The second-order valence-electron chi connectivity index (χ2n) is 4.37. The van der Waals surface area contributed by atoms with Crippen LogP contribution in [-0.4, -0.2) is 4.98 Å². The van der Waals surface area contributed by atoms with E-state index in [1.54, 1.807) is 6.20 Å². The Morgan fingerprint density at radius 3 is 2.47 bits per heavy atom. The average molecular weight is 226 g/mol. The highest BCUT2D eigenvalue weighted by Gasteiger charge is 2.05. The quantitative estimate of drug-likeness (QED) is 0.863. The van der Waals surface area contributed by atoms with Crippen molar-refractivity contribution < 1.29 is 0 Å². The topological polar surface area (TPSA) is 38.9 Å². The fourth-order valence-corrected chi connectivity index (χ4v) is 1.89. The van der Waals surface area contributed by atoms with E-state index in [2.05, 4.69) is 43.1 Å². The summed E-state index contributed by atoms with van der Waals surface area (Å²) in [5, 5.41) is 0. The third kappa shape index (κ3) is 2.47. The molecule has 0 radical (unpaired) electrons. The number of anilines is 1. The van der Waals surface area contributed by atoms with Crippen LogP contribution < -0.4 is 5.73 Å². The minimum absolute atomic E-state index is 0.587. The first kappa shape index (κ1) is 11.6. The Kier molecular flexibility index (Phi) is 3.43. The highest BCUT2D eigenvalue weighted by Crippen LogP contribution is 2.26. The van der Waals surface area contributed by atoms with Gasteiger partial charge in [-0.15, -0.1) is 0 Å². The predicted octanol–water partition coefficient (Wildman–Crippen LogP) is 3.84. The van der Waals surface area contributed by atoms with Crippen LogP contribution in [0.25, 0.3) is 11.1 Å². The maximum absolute atomic E-state index is 5.87. The van der Waals surface area contributed by atoms with Gasteiger partial charge in [-0.1, -0.05) is 38.1 Å². The zero-order chi connectivity index (χ0) is 12.3. The van der Waals surface area contributed by atoms with Crippen molar-refractivity contribution in [2.45, 2.75) is 26.2 Å². The molecule has 17 heavy (non-hydrogen) atoms. The molecule has 0 amide bonds. The number of hydrogen-bond acceptors (Lipinski definition) is 2. The number of nitrogen functional groups attached to an aromatic ring is 1. The lowest BCUT2D eigenvalue weighted by Gasteiger charge is -2.10. The molecule has 2 nitrogen and oxygen atoms in total. The smallest absolute Gasteiger partial charge is 0.131 e. The van der Waals surface area contributed by atoms with Crippen molar-refractivity contribution in [3.63, 3.8) is 0 Å². The molecule has 0 bridgehead atoms. The van der Waals surface area contributed by atoms with Gasteiger partial charge in [-0.2, -0.15) is 0 Å². The molecule has 1 aromatic carbocycles. The molecule has 2 N–H and O–H groups in total. The average Bonchev–Trinajstić information content (AvgIpc) is 2.39. The van der Waals surface area contributed by atoms with Crippen LogP contribution in [0.15, 0.2) is 42.6 Å². The first-order chi connectivity index (χ1) is 8.22. The largest absolute Gasteiger partial charge is 0.383 e. The summed E-state index contributed by atoms with van der Waals surface area (Å²) in [5.41, 5.74) is 9.37. The van der Waals surface area contributed by atoms with Gasteiger partial charge in [0.25, 0.3) is 0 Å². The minimum atomic E-state index is 0.587. The van der Waals surface area contributed by atoms with Crippen molar-refractivity contribution in [1.29, 1.82) is 0 Å². The van der Waals surface area contributed by atoms with E-state index in [0.29, 0.717) is 11.7 Å². The Balaban J connectivity index is 2.33. The van der Waals surface area contributed by atoms with E-state index in [9.17, 15) is 0 Å². The summed E-state index contributed by atoms with van der Waals surface area (Å²) >= 11 is 0. The normalized spacial score (nSPS) is 12.4. The number of pyridine rings is 1. The molecule has 0 saturated carbocycles. The Bertz CT molecular complexity index is 489. The van der Waals surface area contributed by atoms with Crippen molar-refractivity contribution in [2.75, 3.05) is 5.73 Å². The zero-order valence-electron chi connectivity index (χ0n) is 10.4. The molecule has 88 valence electrons. The van der Waals surface area contributed by atoms with Crippen molar-refractivity contribution in [3.05, 3.63) is 48.2 Å². The van der Waals surface area contributed by atoms with E-state index < -0.39 is 0 Å². The number of hydrogen-bond donors (Lipinski definition) is 1. The Morgan fingerprint density at radius 2 is 1.88 bits per heavy atom. The van der Waals surface area contributed by atoms with E-state index >= 15 is 0 Å². The summed E-state index contributed by atoms with van der Waals surface area (Å²) < 4.78 is 0. The molecule has 2 rings (SSSR count). The molecule has 1 atom stereocenters. The van der Waals surface area contributed by atoms with Gasteiger partial charge in [-0.25, -0.2) is 4.98 Å². The highest BCUT2D eigenvalue weighted by molar-refractivity contribution is 5.73. The van der Waals surface area contributed by atoms with E-state index in [0.717, 1.165) is 17.5 Å². The number of nitrogens with two attached hydrogens (primary N) is 1. The number of benzene rings is 1. The van der Waals surface area contributed by atoms with Gasteiger partial charge in [-0.05, 0) is 35.6 Å². The van der Waals surface area contributed by atoms with Crippen LogP contribution in [0.3, 0.4) is 0 Å².